The third-order valence-electron chi connectivity index (χ3n) is 2.80. The third-order valence-corrected chi connectivity index (χ3v) is 2.80. The van der Waals surface area contributed by atoms with E-state index in [2.05, 4.69) is 10.2 Å². The first-order valence-corrected chi connectivity index (χ1v) is 5.99. The number of ether oxygens (including phenoxy) is 1. The van der Waals surface area contributed by atoms with E-state index >= 15 is 0 Å². The van der Waals surface area contributed by atoms with E-state index in [4.69, 9.17) is 10.5 Å². The van der Waals surface area contributed by atoms with Crippen molar-refractivity contribution in [2.24, 2.45) is 5.73 Å². The van der Waals surface area contributed by atoms with Crippen LogP contribution in [0.4, 0.5) is 0 Å². The number of nitrogens with two attached hydrogens (primary N) is 1. The molecule has 2 atom stereocenters. The van der Waals surface area contributed by atoms with Gasteiger partial charge in [-0.2, -0.15) is 0 Å². The maximum Gasteiger partial charge on any atom is 0.237 e. The SMILES string of the molecule is CC[C@H](N)C(=O)NC(C)CN1CCOCC1. The zero-order chi connectivity index (χ0) is 12.0. The van der Waals surface area contributed by atoms with Crippen molar-refractivity contribution in [2.75, 3.05) is 32.8 Å². The molecule has 1 unspecified atom stereocenters. The maximum absolute atomic E-state index is 11.5. The summed E-state index contributed by atoms with van der Waals surface area (Å²) in [6.45, 7) is 8.25. The van der Waals surface area contributed by atoms with E-state index in [0.717, 1.165) is 32.8 Å². The van der Waals surface area contributed by atoms with Gasteiger partial charge in [-0.25, -0.2) is 0 Å². The Labute approximate surface area is 97.3 Å². The molecule has 5 heteroatoms. The Morgan fingerprint density at radius 3 is 2.69 bits per heavy atom. The third kappa shape index (κ3) is 4.47. The average molecular weight is 229 g/mol. The normalized spacial score (nSPS) is 21.4. The molecule has 16 heavy (non-hydrogen) atoms. The summed E-state index contributed by atoms with van der Waals surface area (Å²) >= 11 is 0. The molecule has 1 saturated heterocycles. The standard InChI is InChI=1S/C11H23N3O2/c1-3-10(12)11(15)13-9(2)8-14-4-6-16-7-5-14/h9-10H,3-8,12H2,1-2H3,(H,13,15)/t9?,10-/m0/s1. The van der Waals surface area contributed by atoms with Crippen molar-refractivity contribution in [3.63, 3.8) is 0 Å². The molecule has 1 aliphatic rings. The van der Waals surface area contributed by atoms with Crippen molar-refractivity contribution in [3.8, 4) is 0 Å². The lowest BCUT2D eigenvalue weighted by atomic mass is 10.2. The number of carbonyl (C=O) groups excluding carboxylic acids is 1. The highest BCUT2D eigenvalue weighted by atomic mass is 16.5. The number of carbonyl (C=O) groups is 1. The molecule has 0 aromatic carbocycles. The fourth-order valence-corrected chi connectivity index (χ4v) is 1.75. The van der Waals surface area contributed by atoms with Gasteiger partial charge in [0.05, 0.1) is 19.3 Å². The summed E-state index contributed by atoms with van der Waals surface area (Å²) < 4.78 is 5.27. The van der Waals surface area contributed by atoms with Crippen molar-refractivity contribution >= 4 is 5.91 Å². The highest BCUT2D eigenvalue weighted by Gasteiger charge is 2.17. The van der Waals surface area contributed by atoms with E-state index in [0.29, 0.717) is 6.42 Å². The number of rotatable bonds is 5. The summed E-state index contributed by atoms with van der Waals surface area (Å²) in [5, 5.41) is 2.93. The van der Waals surface area contributed by atoms with Crippen molar-refractivity contribution in [1.29, 1.82) is 0 Å². The van der Waals surface area contributed by atoms with Crippen LogP contribution in [0.1, 0.15) is 20.3 Å². The van der Waals surface area contributed by atoms with Crippen LogP contribution in [0.2, 0.25) is 0 Å². The molecule has 3 N–H and O–H groups in total. The summed E-state index contributed by atoms with van der Waals surface area (Å²) in [4.78, 5) is 13.8. The lowest BCUT2D eigenvalue weighted by Crippen LogP contribution is -2.49. The highest BCUT2D eigenvalue weighted by molar-refractivity contribution is 5.81. The van der Waals surface area contributed by atoms with Gasteiger partial charge < -0.3 is 15.8 Å². The van der Waals surface area contributed by atoms with Crippen LogP contribution < -0.4 is 11.1 Å². The molecule has 1 fully saturated rings. The molecular formula is C11H23N3O2. The van der Waals surface area contributed by atoms with Crippen molar-refractivity contribution in [2.45, 2.75) is 32.4 Å². The monoisotopic (exact) mass is 229 g/mol. The first kappa shape index (κ1) is 13.4. The van der Waals surface area contributed by atoms with Gasteiger partial charge in [-0.3, -0.25) is 9.69 Å². The Morgan fingerprint density at radius 1 is 1.50 bits per heavy atom. The minimum absolute atomic E-state index is 0.0525. The molecule has 94 valence electrons. The molecule has 0 saturated carbocycles. The van der Waals surface area contributed by atoms with Crippen LogP contribution >= 0.6 is 0 Å². The Balaban J connectivity index is 2.23. The van der Waals surface area contributed by atoms with E-state index in [9.17, 15) is 4.79 Å². The van der Waals surface area contributed by atoms with Gasteiger partial charge in [0.15, 0.2) is 0 Å². The highest BCUT2D eigenvalue weighted by Crippen LogP contribution is 1.98. The Morgan fingerprint density at radius 2 is 2.12 bits per heavy atom. The first-order valence-electron chi connectivity index (χ1n) is 5.99. The average Bonchev–Trinajstić information content (AvgIpc) is 2.29. The molecule has 1 rings (SSSR count). The van der Waals surface area contributed by atoms with Crippen LogP contribution in [0.15, 0.2) is 0 Å². The summed E-state index contributed by atoms with van der Waals surface area (Å²) in [6, 6.07) is -0.240. The molecule has 1 heterocycles. The maximum atomic E-state index is 11.5. The smallest absolute Gasteiger partial charge is 0.237 e. The molecule has 0 bridgehead atoms. The van der Waals surface area contributed by atoms with E-state index in [1.54, 1.807) is 0 Å². The zero-order valence-electron chi connectivity index (χ0n) is 10.2. The molecule has 1 amide bonds. The lowest BCUT2D eigenvalue weighted by molar-refractivity contribution is -0.123. The number of amides is 1. The minimum atomic E-state index is -0.382. The van der Waals surface area contributed by atoms with Crippen molar-refractivity contribution in [3.05, 3.63) is 0 Å². The molecule has 0 aromatic heterocycles. The van der Waals surface area contributed by atoms with Gasteiger partial charge in [0.2, 0.25) is 5.91 Å². The van der Waals surface area contributed by atoms with Crippen LogP contribution in [0.3, 0.4) is 0 Å². The van der Waals surface area contributed by atoms with Gasteiger partial charge in [0.25, 0.3) is 0 Å². The van der Waals surface area contributed by atoms with Crippen LogP contribution in [-0.4, -0.2) is 55.7 Å². The van der Waals surface area contributed by atoms with Gasteiger partial charge >= 0.3 is 0 Å². The fourth-order valence-electron chi connectivity index (χ4n) is 1.75. The van der Waals surface area contributed by atoms with Crippen molar-refractivity contribution in [1.82, 2.24) is 10.2 Å². The molecule has 0 aromatic rings. The molecular weight excluding hydrogens is 206 g/mol. The van der Waals surface area contributed by atoms with Crippen LogP contribution in [0.25, 0.3) is 0 Å². The topological polar surface area (TPSA) is 67.6 Å². The van der Waals surface area contributed by atoms with Gasteiger partial charge in [0, 0.05) is 25.7 Å². The molecule has 0 aliphatic carbocycles. The predicted octanol–water partition coefficient (Wildman–Crippen LogP) is -0.439. The number of hydrogen-bond donors (Lipinski definition) is 2. The fraction of sp³-hybridized carbons (Fsp3) is 0.909. The van der Waals surface area contributed by atoms with Crippen LogP contribution in [-0.2, 0) is 9.53 Å². The second kappa shape index (κ2) is 6.83. The summed E-state index contributed by atoms with van der Waals surface area (Å²) in [7, 11) is 0. The lowest BCUT2D eigenvalue weighted by Gasteiger charge is -2.29. The number of nitrogens with one attached hydrogen (secondary N) is 1. The van der Waals surface area contributed by atoms with E-state index in [-0.39, 0.29) is 18.0 Å². The van der Waals surface area contributed by atoms with E-state index in [1.165, 1.54) is 0 Å². The second-order valence-electron chi connectivity index (χ2n) is 4.34. The number of hydrogen-bond acceptors (Lipinski definition) is 4. The molecule has 5 nitrogen and oxygen atoms in total. The van der Waals surface area contributed by atoms with Crippen LogP contribution in [0.5, 0.6) is 0 Å². The number of morpholine rings is 1. The molecule has 1 aliphatic heterocycles. The van der Waals surface area contributed by atoms with Gasteiger partial charge in [-0.15, -0.1) is 0 Å². The molecule has 0 radical (unpaired) electrons. The summed E-state index contributed by atoms with van der Waals surface area (Å²) in [5.41, 5.74) is 5.65. The summed E-state index contributed by atoms with van der Waals surface area (Å²) in [6.07, 6.45) is 0.677. The quantitative estimate of drug-likeness (QED) is 0.671. The van der Waals surface area contributed by atoms with E-state index < -0.39 is 0 Å². The minimum Gasteiger partial charge on any atom is -0.379 e. The Hall–Kier alpha value is -0.650. The largest absolute Gasteiger partial charge is 0.379 e. The summed E-state index contributed by atoms with van der Waals surface area (Å²) in [5.74, 6) is -0.0525. The van der Waals surface area contributed by atoms with Gasteiger partial charge in [-0.05, 0) is 13.3 Å². The van der Waals surface area contributed by atoms with Gasteiger partial charge in [-0.1, -0.05) is 6.92 Å². The van der Waals surface area contributed by atoms with E-state index in [1.807, 2.05) is 13.8 Å². The molecule has 0 spiro atoms. The predicted molar refractivity (Wildman–Crippen MR) is 63.1 cm³/mol. The Kier molecular flexibility index (Phi) is 5.73. The number of nitrogens with zero attached hydrogens (tertiary/aromatic N) is 1. The Bertz CT molecular complexity index is 217. The van der Waals surface area contributed by atoms with Gasteiger partial charge in [0.1, 0.15) is 0 Å². The van der Waals surface area contributed by atoms with Crippen LogP contribution in [0, 0.1) is 0 Å². The second-order valence-corrected chi connectivity index (χ2v) is 4.34. The van der Waals surface area contributed by atoms with Crippen molar-refractivity contribution < 1.29 is 9.53 Å². The first-order chi connectivity index (χ1) is 7.63. The zero-order valence-corrected chi connectivity index (χ0v) is 10.2.